The summed E-state index contributed by atoms with van der Waals surface area (Å²) in [4.78, 5) is 13.6. The van der Waals surface area contributed by atoms with Gasteiger partial charge in [0.05, 0.1) is 34.5 Å². The first-order valence-electron chi connectivity index (χ1n) is 12.1. The lowest BCUT2D eigenvalue weighted by atomic mass is 9.91. The average molecular weight is 522 g/mol. The number of ether oxygens (including phenoxy) is 5. The molecule has 1 saturated heterocycles. The maximum Gasteiger partial charge on any atom is 0.409 e. The van der Waals surface area contributed by atoms with E-state index in [-0.39, 0.29) is 13.2 Å². The highest BCUT2D eigenvalue weighted by atomic mass is 16.7. The summed E-state index contributed by atoms with van der Waals surface area (Å²) in [5, 5.41) is 10.1. The largest absolute Gasteiger partial charge is 0.493 e. The third kappa shape index (κ3) is 6.52. The Morgan fingerprint density at radius 2 is 1.42 bits per heavy atom. The van der Waals surface area contributed by atoms with Crippen LogP contribution in [0.25, 0.3) is 0 Å². The zero-order chi connectivity index (χ0) is 28.1. The van der Waals surface area contributed by atoms with Gasteiger partial charge in [-0.1, -0.05) is 29.7 Å². The minimum atomic E-state index is -1.18. The van der Waals surface area contributed by atoms with Crippen LogP contribution in [0, 0.1) is 23.7 Å². The molecule has 3 rings (SSSR count). The second-order valence-electron chi connectivity index (χ2n) is 10.3. The molecular weight excluding hydrogens is 486 g/mol. The van der Waals surface area contributed by atoms with E-state index in [0.717, 1.165) is 5.56 Å². The number of methoxy groups -OCH3 is 3. The van der Waals surface area contributed by atoms with Crippen molar-refractivity contribution in [3.8, 4) is 40.9 Å². The molecule has 1 aliphatic heterocycles. The van der Waals surface area contributed by atoms with Crippen molar-refractivity contribution in [1.29, 1.82) is 0 Å². The van der Waals surface area contributed by atoms with Crippen LogP contribution < -0.4 is 14.2 Å². The predicted octanol–water partition coefficient (Wildman–Crippen LogP) is 4.76. The van der Waals surface area contributed by atoms with E-state index in [1.165, 1.54) is 4.90 Å². The van der Waals surface area contributed by atoms with Crippen LogP contribution in [0.2, 0.25) is 0 Å². The molecule has 202 valence electrons. The third-order valence-electron chi connectivity index (χ3n) is 5.93. The molecule has 0 radical (unpaired) electrons. The normalized spacial score (nSPS) is 15.7. The molecular formula is C30H35NO7. The highest BCUT2D eigenvalue weighted by Crippen LogP contribution is 2.38. The van der Waals surface area contributed by atoms with Crippen molar-refractivity contribution in [2.24, 2.45) is 0 Å². The van der Waals surface area contributed by atoms with Crippen molar-refractivity contribution in [2.45, 2.75) is 51.5 Å². The molecule has 1 fully saturated rings. The summed E-state index contributed by atoms with van der Waals surface area (Å²) in [6.45, 7) is 9.22. The fourth-order valence-electron chi connectivity index (χ4n) is 4.20. The van der Waals surface area contributed by atoms with Gasteiger partial charge < -0.3 is 28.8 Å². The number of carboxylic acid groups (broad SMARTS) is 1. The molecule has 0 unspecified atom stereocenters. The van der Waals surface area contributed by atoms with Crippen molar-refractivity contribution in [2.75, 3.05) is 34.5 Å². The zero-order valence-corrected chi connectivity index (χ0v) is 23.2. The molecule has 0 spiro atoms. The Morgan fingerprint density at radius 1 is 0.895 bits per heavy atom. The summed E-state index contributed by atoms with van der Waals surface area (Å²) in [5.41, 5.74) is 0.198. The molecule has 0 saturated carbocycles. The second kappa shape index (κ2) is 11.3. The van der Waals surface area contributed by atoms with Crippen LogP contribution in [-0.4, -0.2) is 67.5 Å². The van der Waals surface area contributed by atoms with Gasteiger partial charge in [-0.3, -0.25) is 4.90 Å². The lowest BCUT2D eigenvalue weighted by molar-refractivity contribution is -0.278. The van der Waals surface area contributed by atoms with Crippen molar-refractivity contribution in [3.05, 3.63) is 53.1 Å². The Labute approximate surface area is 224 Å². The van der Waals surface area contributed by atoms with Gasteiger partial charge in [-0.05, 0) is 65.0 Å². The maximum absolute atomic E-state index is 12.3. The summed E-state index contributed by atoms with van der Waals surface area (Å²) in [6, 6.07) is 11.0. The number of carbonyl (C=O) groups is 1. The zero-order valence-electron chi connectivity index (χ0n) is 23.2. The average Bonchev–Trinajstić information content (AvgIpc) is 2.86. The molecule has 1 N–H and O–H groups in total. The van der Waals surface area contributed by atoms with E-state index in [4.69, 9.17) is 23.7 Å². The summed E-state index contributed by atoms with van der Waals surface area (Å²) in [5.74, 6) is 13.3. The van der Waals surface area contributed by atoms with E-state index in [2.05, 4.69) is 23.7 Å². The number of nitrogens with zero attached hydrogens (tertiary/aromatic N) is 1. The summed E-state index contributed by atoms with van der Waals surface area (Å²) < 4.78 is 27.9. The van der Waals surface area contributed by atoms with E-state index < -0.39 is 23.0 Å². The van der Waals surface area contributed by atoms with Crippen LogP contribution in [-0.2, 0) is 9.47 Å². The molecule has 8 heteroatoms. The molecule has 1 amide bonds. The topological polar surface area (TPSA) is 86.7 Å². The molecule has 0 atom stereocenters. The number of benzene rings is 2. The molecule has 38 heavy (non-hydrogen) atoms. The van der Waals surface area contributed by atoms with Gasteiger partial charge in [0.1, 0.15) is 0 Å². The maximum atomic E-state index is 12.3. The lowest BCUT2D eigenvalue weighted by Crippen LogP contribution is -2.66. The van der Waals surface area contributed by atoms with Gasteiger partial charge in [0.25, 0.3) is 0 Å². The first kappa shape index (κ1) is 28.7. The smallest absolute Gasteiger partial charge is 0.409 e. The minimum Gasteiger partial charge on any atom is -0.493 e. The first-order valence-corrected chi connectivity index (χ1v) is 12.1. The van der Waals surface area contributed by atoms with Gasteiger partial charge in [-0.15, -0.1) is 0 Å². The van der Waals surface area contributed by atoms with Crippen LogP contribution in [0.1, 0.15) is 51.3 Å². The number of amides is 1. The van der Waals surface area contributed by atoms with E-state index >= 15 is 0 Å². The standard InChI is InChI=1S/C30H35NO7/c1-28(2,3)31(27(32)33)30(19-37-29(4,5)38-20-30)15-14-22-11-9-10-21(16-22)12-13-23-17-24(34-6)26(36-8)25(18-23)35-7/h9-11,16-18H,19-20H2,1-8H3,(H,32,33). The van der Waals surface area contributed by atoms with Gasteiger partial charge in [-0.2, -0.15) is 0 Å². The molecule has 1 aliphatic rings. The van der Waals surface area contributed by atoms with Crippen LogP contribution >= 0.6 is 0 Å². The number of hydrogen-bond acceptors (Lipinski definition) is 6. The Morgan fingerprint density at radius 3 is 1.89 bits per heavy atom. The second-order valence-corrected chi connectivity index (χ2v) is 10.3. The van der Waals surface area contributed by atoms with E-state index in [1.54, 1.807) is 47.3 Å². The Balaban J connectivity index is 1.98. The van der Waals surface area contributed by atoms with Crippen LogP contribution in [0.15, 0.2) is 36.4 Å². The van der Waals surface area contributed by atoms with Gasteiger partial charge >= 0.3 is 6.09 Å². The number of rotatable bonds is 4. The summed E-state index contributed by atoms with van der Waals surface area (Å²) >= 11 is 0. The summed E-state index contributed by atoms with van der Waals surface area (Å²) in [6.07, 6.45) is -1.09. The van der Waals surface area contributed by atoms with E-state index in [9.17, 15) is 9.90 Å². The number of hydrogen-bond donors (Lipinski definition) is 1. The van der Waals surface area contributed by atoms with Crippen molar-refractivity contribution in [1.82, 2.24) is 4.90 Å². The van der Waals surface area contributed by atoms with E-state index in [1.807, 2.05) is 45.0 Å². The van der Waals surface area contributed by atoms with Crippen molar-refractivity contribution in [3.63, 3.8) is 0 Å². The molecule has 2 aromatic rings. The fourth-order valence-corrected chi connectivity index (χ4v) is 4.20. The Hall–Kier alpha value is -3.85. The molecule has 0 bridgehead atoms. The Kier molecular flexibility index (Phi) is 8.51. The highest BCUT2D eigenvalue weighted by molar-refractivity contribution is 5.69. The van der Waals surface area contributed by atoms with E-state index in [0.29, 0.717) is 28.4 Å². The van der Waals surface area contributed by atoms with Crippen LogP contribution in [0.4, 0.5) is 4.79 Å². The van der Waals surface area contributed by atoms with Gasteiger partial charge in [0.15, 0.2) is 22.8 Å². The minimum absolute atomic E-state index is 0.0806. The molecule has 2 aromatic carbocycles. The molecule has 1 heterocycles. The Bertz CT molecular complexity index is 1270. The van der Waals surface area contributed by atoms with Gasteiger partial charge in [0.2, 0.25) is 5.75 Å². The lowest BCUT2D eigenvalue weighted by Gasteiger charge is -2.50. The first-order chi connectivity index (χ1) is 17.8. The summed E-state index contributed by atoms with van der Waals surface area (Å²) in [7, 11) is 4.65. The monoisotopic (exact) mass is 521 g/mol. The molecule has 8 nitrogen and oxygen atoms in total. The highest BCUT2D eigenvalue weighted by Gasteiger charge is 2.49. The fraction of sp³-hybridized carbons (Fsp3) is 0.433. The molecule has 0 aliphatic carbocycles. The molecule has 0 aromatic heterocycles. The quantitative estimate of drug-likeness (QED) is 0.581. The van der Waals surface area contributed by atoms with Crippen LogP contribution in [0.3, 0.4) is 0 Å². The van der Waals surface area contributed by atoms with Gasteiger partial charge in [-0.25, -0.2) is 4.79 Å². The van der Waals surface area contributed by atoms with Crippen molar-refractivity contribution >= 4 is 6.09 Å². The third-order valence-corrected chi connectivity index (χ3v) is 5.93. The van der Waals surface area contributed by atoms with Gasteiger partial charge in [0, 0.05) is 22.2 Å². The predicted molar refractivity (Wildman–Crippen MR) is 144 cm³/mol. The van der Waals surface area contributed by atoms with Crippen molar-refractivity contribution < 1.29 is 33.6 Å². The SMILES string of the molecule is COc1cc(C#Cc2cccc(C#CC3(N(C(=O)O)C(C)(C)C)COC(C)(C)OC3)c2)cc(OC)c1OC. The van der Waals surface area contributed by atoms with Crippen LogP contribution in [0.5, 0.6) is 17.2 Å².